The number of carbonyl (C=O) groups excluding carboxylic acids is 1. The van der Waals surface area contributed by atoms with Crippen molar-refractivity contribution in [1.82, 2.24) is 19.2 Å². The van der Waals surface area contributed by atoms with E-state index in [4.69, 9.17) is 24.1 Å². The lowest BCUT2D eigenvalue weighted by molar-refractivity contribution is -0.172. The van der Waals surface area contributed by atoms with Crippen LogP contribution in [0.25, 0.3) is 5.69 Å². The molecule has 0 spiro atoms. The molecule has 0 aliphatic carbocycles. The highest BCUT2D eigenvalue weighted by Crippen LogP contribution is 2.40. The van der Waals surface area contributed by atoms with Crippen LogP contribution in [0.3, 0.4) is 0 Å². The van der Waals surface area contributed by atoms with Crippen molar-refractivity contribution in [2.24, 2.45) is 13.0 Å². The van der Waals surface area contributed by atoms with Crippen molar-refractivity contribution in [2.45, 2.75) is 70.6 Å². The standard InChI is InChI=1S/C35H52N4O7/c1-4-45-35-29(15-21-43-23-24-44-22-20-40)30(32-26(2)36(3)39(34(32)42)28-11-7-5-8-12-28)25-31(46-35)33(41)38-18-13-27(14-19-38)37-16-9-6-10-17-37/h5,7-8,11-12,25,27,29-30,35,40H,4,6,9-10,13-24H2,1-3H3/t29-,30+,35-/m0/s1. The first-order chi connectivity index (χ1) is 22.4. The summed E-state index contributed by atoms with van der Waals surface area (Å²) in [6.07, 6.45) is 7.44. The Kier molecular flexibility index (Phi) is 12.5. The van der Waals surface area contributed by atoms with Crippen molar-refractivity contribution in [3.05, 3.63) is 63.8 Å². The van der Waals surface area contributed by atoms with Crippen LogP contribution in [0.1, 0.15) is 62.6 Å². The van der Waals surface area contributed by atoms with Crippen LogP contribution < -0.4 is 5.56 Å². The quantitative estimate of drug-likeness (QED) is 0.314. The maximum Gasteiger partial charge on any atom is 0.288 e. The monoisotopic (exact) mass is 640 g/mol. The van der Waals surface area contributed by atoms with Crippen molar-refractivity contribution in [1.29, 1.82) is 0 Å². The molecule has 3 atom stereocenters. The number of aliphatic hydroxyl groups is 1. The third-order valence-electron chi connectivity index (χ3n) is 9.72. The SMILES string of the molecule is CCO[C@H]1OC(C(=O)N2CCC(N3CCCCC3)CC2)=C[C@@H](c2c(C)n(C)n(-c3ccccc3)c2=O)[C@@H]1CCOCCOCCO. The summed E-state index contributed by atoms with van der Waals surface area (Å²) < 4.78 is 27.3. The number of likely N-dealkylation sites (tertiary alicyclic amines) is 2. The Balaban J connectivity index is 1.42. The maximum atomic E-state index is 14.2. The van der Waals surface area contributed by atoms with E-state index in [0.29, 0.717) is 57.5 Å². The molecule has 1 aromatic carbocycles. The number of ether oxygens (including phenoxy) is 4. The van der Waals surface area contributed by atoms with Gasteiger partial charge in [-0.15, -0.1) is 0 Å². The van der Waals surface area contributed by atoms with Gasteiger partial charge in [-0.05, 0) is 77.2 Å². The predicted octanol–water partition coefficient (Wildman–Crippen LogP) is 3.35. The van der Waals surface area contributed by atoms with Gasteiger partial charge < -0.3 is 33.9 Å². The number of benzene rings is 1. The molecule has 2 fully saturated rings. The Morgan fingerprint density at radius 3 is 2.35 bits per heavy atom. The second kappa shape index (κ2) is 16.7. The van der Waals surface area contributed by atoms with Gasteiger partial charge >= 0.3 is 0 Å². The molecular formula is C35H52N4O7. The molecule has 2 aromatic rings. The van der Waals surface area contributed by atoms with Gasteiger partial charge in [0.15, 0.2) is 5.76 Å². The molecule has 3 aliphatic rings. The number of amides is 1. The summed E-state index contributed by atoms with van der Waals surface area (Å²) in [4.78, 5) is 32.8. The number of para-hydroxylation sites is 1. The Morgan fingerprint density at radius 2 is 1.67 bits per heavy atom. The maximum absolute atomic E-state index is 14.2. The summed E-state index contributed by atoms with van der Waals surface area (Å²) in [6.45, 7) is 9.35. The first-order valence-electron chi connectivity index (χ1n) is 17.1. The molecule has 0 saturated carbocycles. The Bertz CT molecular complexity index is 1340. The molecule has 3 aliphatic heterocycles. The van der Waals surface area contributed by atoms with E-state index < -0.39 is 12.2 Å². The Hall–Kier alpha value is -2.96. The average Bonchev–Trinajstić information content (AvgIpc) is 3.31. The summed E-state index contributed by atoms with van der Waals surface area (Å²) in [5.41, 5.74) is 2.11. The van der Waals surface area contributed by atoms with Gasteiger partial charge in [-0.2, -0.15) is 0 Å². The molecule has 46 heavy (non-hydrogen) atoms. The molecule has 5 rings (SSSR count). The fourth-order valence-corrected chi connectivity index (χ4v) is 7.22. The smallest absolute Gasteiger partial charge is 0.288 e. The highest BCUT2D eigenvalue weighted by molar-refractivity contribution is 5.92. The lowest BCUT2D eigenvalue weighted by Gasteiger charge is -2.41. The van der Waals surface area contributed by atoms with Crippen LogP contribution in [0, 0.1) is 12.8 Å². The van der Waals surface area contributed by atoms with Crippen molar-refractivity contribution in [3.8, 4) is 5.69 Å². The van der Waals surface area contributed by atoms with Crippen molar-refractivity contribution >= 4 is 5.91 Å². The molecule has 11 nitrogen and oxygen atoms in total. The van der Waals surface area contributed by atoms with Gasteiger partial charge in [-0.1, -0.05) is 24.6 Å². The van der Waals surface area contributed by atoms with E-state index in [1.807, 2.05) is 66.9 Å². The normalized spacial score (nSPS) is 22.9. The summed E-state index contributed by atoms with van der Waals surface area (Å²) in [7, 11) is 1.89. The first kappa shape index (κ1) is 34.4. The van der Waals surface area contributed by atoms with Gasteiger partial charge in [0.25, 0.3) is 11.5 Å². The van der Waals surface area contributed by atoms with Crippen LogP contribution in [0.5, 0.6) is 0 Å². The number of carbonyl (C=O) groups is 1. The minimum absolute atomic E-state index is 0.0299. The van der Waals surface area contributed by atoms with Crippen LogP contribution in [0.4, 0.5) is 0 Å². The molecule has 1 amide bonds. The number of hydrogen-bond donors (Lipinski definition) is 1. The van der Waals surface area contributed by atoms with E-state index >= 15 is 0 Å². The Morgan fingerprint density at radius 1 is 0.978 bits per heavy atom. The third-order valence-corrected chi connectivity index (χ3v) is 9.72. The van der Waals surface area contributed by atoms with E-state index in [-0.39, 0.29) is 36.4 Å². The number of allylic oxidation sites excluding steroid dienone is 1. The van der Waals surface area contributed by atoms with Crippen LogP contribution in [-0.2, 0) is 30.8 Å². The van der Waals surface area contributed by atoms with Gasteiger partial charge in [0, 0.05) is 62.5 Å². The fourth-order valence-electron chi connectivity index (χ4n) is 7.22. The van der Waals surface area contributed by atoms with Crippen LogP contribution in [0.15, 0.2) is 47.0 Å². The topological polar surface area (TPSA) is 108 Å². The molecule has 4 heterocycles. The van der Waals surface area contributed by atoms with E-state index in [9.17, 15) is 9.59 Å². The lowest BCUT2D eigenvalue weighted by Crippen LogP contribution is -2.49. The van der Waals surface area contributed by atoms with E-state index in [0.717, 1.165) is 37.3 Å². The van der Waals surface area contributed by atoms with Crippen molar-refractivity contribution in [3.63, 3.8) is 0 Å². The average molecular weight is 641 g/mol. The minimum Gasteiger partial charge on any atom is -0.459 e. The Labute approximate surface area is 272 Å². The van der Waals surface area contributed by atoms with Crippen molar-refractivity contribution in [2.75, 3.05) is 65.8 Å². The van der Waals surface area contributed by atoms with Gasteiger partial charge in [0.05, 0.1) is 32.1 Å². The number of aromatic nitrogens is 2. The third kappa shape index (κ3) is 7.94. The second-order valence-corrected chi connectivity index (χ2v) is 12.5. The van der Waals surface area contributed by atoms with Crippen molar-refractivity contribution < 1.29 is 28.8 Å². The largest absolute Gasteiger partial charge is 0.459 e. The van der Waals surface area contributed by atoms with Gasteiger partial charge in [0.2, 0.25) is 6.29 Å². The predicted molar refractivity (Wildman–Crippen MR) is 175 cm³/mol. The molecule has 254 valence electrons. The van der Waals surface area contributed by atoms with E-state index in [1.54, 1.807) is 4.68 Å². The number of nitrogens with zero attached hydrogens (tertiary/aromatic N) is 4. The first-order valence-corrected chi connectivity index (χ1v) is 17.1. The zero-order chi connectivity index (χ0) is 32.5. The van der Waals surface area contributed by atoms with Crippen LogP contribution >= 0.6 is 0 Å². The van der Waals surface area contributed by atoms with Gasteiger partial charge in [-0.25, -0.2) is 4.68 Å². The lowest BCUT2D eigenvalue weighted by atomic mass is 9.81. The molecule has 1 aromatic heterocycles. The highest BCUT2D eigenvalue weighted by Gasteiger charge is 2.42. The summed E-state index contributed by atoms with van der Waals surface area (Å²) in [5, 5.41) is 8.95. The van der Waals surface area contributed by atoms with E-state index in [1.165, 1.54) is 19.3 Å². The van der Waals surface area contributed by atoms with Crippen LogP contribution in [-0.4, -0.2) is 108 Å². The molecule has 1 N–H and O–H groups in total. The molecule has 0 radical (unpaired) electrons. The van der Waals surface area contributed by atoms with Gasteiger partial charge in [-0.3, -0.25) is 14.3 Å². The zero-order valence-electron chi connectivity index (χ0n) is 27.8. The molecule has 11 heteroatoms. The van der Waals surface area contributed by atoms with Crippen LogP contribution in [0.2, 0.25) is 0 Å². The molecule has 0 bridgehead atoms. The number of hydrogen-bond acceptors (Lipinski definition) is 8. The highest BCUT2D eigenvalue weighted by atomic mass is 16.7. The number of piperidine rings is 2. The molecule has 2 saturated heterocycles. The van der Waals surface area contributed by atoms with E-state index in [2.05, 4.69) is 4.90 Å². The fraction of sp³-hybridized carbons (Fsp3) is 0.657. The molecular weight excluding hydrogens is 588 g/mol. The summed E-state index contributed by atoms with van der Waals surface area (Å²) in [5.74, 6) is -0.575. The number of rotatable bonds is 14. The number of aliphatic hydroxyl groups excluding tert-OH is 1. The summed E-state index contributed by atoms with van der Waals surface area (Å²) in [6, 6.07) is 10.1. The zero-order valence-corrected chi connectivity index (χ0v) is 27.8. The van der Waals surface area contributed by atoms with Gasteiger partial charge in [0.1, 0.15) is 0 Å². The summed E-state index contributed by atoms with van der Waals surface area (Å²) >= 11 is 0. The molecule has 0 unspecified atom stereocenters. The minimum atomic E-state index is -0.719. The second-order valence-electron chi connectivity index (χ2n) is 12.5.